The van der Waals surface area contributed by atoms with Gasteiger partial charge in [-0.3, -0.25) is 0 Å². The quantitative estimate of drug-likeness (QED) is 0.111. The van der Waals surface area contributed by atoms with Gasteiger partial charge in [-0.25, -0.2) is 0 Å². The van der Waals surface area contributed by atoms with Gasteiger partial charge in [0.25, 0.3) is 0 Å². The molecule has 0 spiro atoms. The minimum atomic E-state index is 0.930. The van der Waals surface area contributed by atoms with Crippen LogP contribution in [0.5, 0.6) is 0 Å². The van der Waals surface area contributed by atoms with Gasteiger partial charge in [0.2, 0.25) is 0 Å². The summed E-state index contributed by atoms with van der Waals surface area (Å²) in [6.07, 6.45) is 36.9. The first-order chi connectivity index (χ1) is 15.4. The minimum Gasteiger partial charge on any atom is -0.376 e. The van der Waals surface area contributed by atoms with E-state index >= 15 is 0 Å². The van der Waals surface area contributed by atoms with Crippen molar-refractivity contribution in [2.75, 3.05) is 6.61 Å². The zero-order valence-electron chi connectivity index (χ0n) is 22.1. The molecule has 1 radical (unpaired) electrons. The SMILES string of the molecule is CCCCCCCCCCCCCCCCCCCCCCC[CH]OCCCCCC. The Hall–Kier alpha value is -0.0400. The molecule has 0 aliphatic carbocycles. The van der Waals surface area contributed by atoms with E-state index in [1.54, 1.807) is 0 Å². The maximum absolute atomic E-state index is 5.60. The maximum atomic E-state index is 5.60. The van der Waals surface area contributed by atoms with Crippen molar-refractivity contribution in [3.8, 4) is 0 Å². The molecular weight excluding hydrogens is 376 g/mol. The zero-order chi connectivity index (χ0) is 22.5. The van der Waals surface area contributed by atoms with Crippen molar-refractivity contribution in [1.82, 2.24) is 0 Å². The van der Waals surface area contributed by atoms with Gasteiger partial charge in [0, 0.05) is 6.61 Å². The molecule has 0 aromatic rings. The van der Waals surface area contributed by atoms with E-state index in [1.165, 1.54) is 161 Å². The smallest absolute Gasteiger partial charge is 0.0836 e. The predicted molar refractivity (Wildman–Crippen MR) is 142 cm³/mol. The Bertz CT molecular complexity index is 260. The van der Waals surface area contributed by atoms with Crippen LogP contribution in [0.3, 0.4) is 0 Å². The molecule has 0 unspecified atom stereocenters. The molecule has 0 aromatic heterocycles. The maximum Gasteiger partial charge on any atom is 0.0836 e. The van der Waals surface area contributed by atoms with Crippen molar-refractivity contribution in [3.63, 3.8) is 0 Å². The third-order valence-electron chi connectivity index (χ3n) is 6.66. The van der Waals surface area contributed by atoms with Crippen molar-refractivity contribution < 1.29 is 4.74 Å². The van der Waals surface area contributed by atoms with E-state index in [4.69, 9.17) is 4.74 Å². The highest BCUT2D eigenvalue weighted by atomic mass is 16.5. The Labute approximate surface area is 198 Å². The second-order valence-electron chi connectivity index (χ2n) is 9.96. The molecule has 0 fully saturated rings. The van der Waals surface area contributed by atoms with Crippen molar-refractivity contribution in [2.24, 2.45) is 0 Å². The Morgan fingerprint density at radius 3 is 1.00 bits per heavy atom. The van der Waals surface area contributed by atoms with Gasteiger partial charge in [-0.2, -0.15) is 0 Å². The first kappa shape index (κ1) is 31.0. The second kappa shape index (κ2) is 30.0. The van der Waals surface area contributed by atoms with E-state index in [1.807, 2.05) is 0 Å². The van der Waals surface area contributed by atoms with Gasteiger partial charge in [-0.15, -0.1) is 0 Å². The summed E-state index contributed by atoms with van der Waals surface area (Å²) in [6, 6.07) is 0. The molecule has 0 heterocycles. The van der Waals surface area contributed by atoms with Crippen LogP contribution in [-0.2, 0) is 4.74 Å². The minimum absolute atomic E-state index is 0.930. The molecule has 0 saturated carbocycles. The Morgan fingerprint density at radius 1 is 0.355 bits per heavy atom. The molecule has 0 saturated heterocycles. The first-order valence-corrected chi connectivity index (χ1v) is 14.8. The van der Waals surface area contributed by atoms with E-state index in [0.717, 1.165) is 13.0 Å². The number of ether oxygens (including phenoxy) is 1. The van der Waals surface area contributed by atoms with Gasteiger partial charge >= 0.3 is 0 Å². The summed E-state index contributed by atoms with van der Waals surface area (Å²) < 4.78 is 5.60. The summed E-state index contributed by atoms with van der Waals surface area (Å²) in [4.78, 5) is 0. The summed E-state index contributed by atoms with van der Waals surface area (Å²) in [6.45, 7) is 7.55. The first-order valence-electron chi connectivity index (χ1n) is 14.8. The van der Waals surface area contributed by atoms with Crippen LogP contribution in [0.2, 0.25) is 0 Å². The highest BCUT2D eigenvalue weighted by molar-refractivity contribution is 4.54. The average molecular weight is 438 g/mol. The van der Waals surface area contributed by atoms with Crippen LogP contribution >= 0.6 is 0 Å². The van der Waals surface area contributed by atoms with Gasteiger partial charge in [0.05, 0.1) is 6.61 Å². The fourth-order valence-corrected chi connectivity index (χ4v) is 4.44. The summed E-state index contributed by atoms with van der Waals surface area (Å²) >= 11 is 0. The lowest BCUT2D eigenvalue weighted by atomic mass is 10.0. The zero-order valence-corrected chi connectivity index (χ0v) is 22.1. The molecule has 0 aliphatic rings. The van der Waals surface area contributed by atoms with Crippen LogP contribution in [0, 0.1) is 6.61 Å². The highest BCUT2D eigenvalue weighted by Gasteiger charge is 1.96. The van der Waals surface area contributed by atoms with Crippen LogP contribution < -0.4 is 0 Å². The van der Waals surface area contributed by atoms with E-state index in [0.29, 0.717) is 0 Å². The van der Waals surface area contributed by atoms with Crippen molar-refractivity contribution >= 4 is 0 Å². The van der Waals surface area contributed by atoms with E-state index in [-0.39, 0.29) is 0 Å². The summed E-state index contributed by atoms with van der Waals surface area (Å²) in [7, 11) is 0. The molecule has 187 valence electrons. The summed E-state index contributed by atoms with van der Waals surface area (Å²) in [5.41, 5.74) is 0. The topological polar surface area (TPSA) is 9.23 Å². The molecule has 31 heavy (non-hydrogen) atoms. The highest BCUT2D eigenvalue weighted by Crippen LogP contribution is 2.15. The summed E-state index contributed by atoms with van der Waals surface area (Å²) in [5, 5.41) is 0. The van der Waals surface area contributed by atoms with Crippen LogP contribution in [0.4, 0.5) is 0 Å². The third-order valence-corrected chi connectivity index (χ3v) is 6.66. The van der Waals surface area contributed by atoms with Crippen molar-refractivity contribution in [2.45, 2.75) is 181 Å². The molecule has 0 atom stereocenters. The molecule has 1 heteroatoms. The van der Waals surface area contributed by atoms with Crippen molar-refractivity contribution in [1.29, 1.82) is 0 Å². The molecule has 0 aromatic carbocycles. The average Bonchev–Trinajstić information content (AvgIpc) is 2.78. The molecule has 0 rings (SSSR count). The number of hydrogen-bond donors (Lipinski definition) is 0. The van der Waals surface area contributed by atoms with Gasteiger partial charge in [0.15, 0.2) is 0 Å². The van der Waals surface area contributed by atoms with E-state index in [9.17, 15) is 0 Å². The molecule has 0 aliphatic heterocycles. The Kier molecular flexibility index (Phi) is 29.9. The standard InChI is InChI=1S/C30H61O/c1-3-5-7-9-10-11-12-13-14-15-16-17-18-19-20-21-22-23-24-25-26-28-30-31-29-27-8-6-4-2/h30H,3-29H2,1-2H3. The fraction of sp³-hybridized carbons (Fsp3) is 0.967. The van der Waals surface area contributed by atoms with Gasteiger partial charge in [-0.05, 0) is 12.8 Å². The van der Waals surface area contributed by atoms with E-state index < -0.39 is 0 Å². The van der Waals surface area contributed by atoms with Gasteiger partial charge < -0.3 is 4.74 Å². The van der Waals surface area contributed by atoms with Crippen LogP contribution in [0.15, 0.2) is 0 Å². The van der Waals surface area contributed by atoms with Gasteiger partial charge in [0.1, 0.15) is 0 Å². The van der Waals surface area contributed by atoms with Crippen LogP contribution in [0.1, 0.15) is 181 Å². The van der Waals surface area contributed by atoms with Crippen molar-refractivity contribution in [3.05, 3.63) is 6.61 Å². The number of unbranched alkanes of at least 4 members (excludes halogenated alkanes) is 24. The Morgan fingerprint density at radius 2 is 0.645 bits per heavy atom. The molecule has 0 bridgehead atoms. The second-order valence-corrected chi connectivity index (χ2v) is 9.96. The Balaban J connectivity index is 2.98. The molecule has 0 amide bonds. The van der Waals surface area contributed by atoms with E-state index in [2.05, 4.69) is 20.5 Å². The normalized spacial score (nSPS) is 11.4. The lowest BCUT2D eigenvalue weighted by Gasteiger charge is -2.05. The van der Waals surface area contributed by atoms with Crippen LogP contribution in [0.25, 0.3) is 0 Å². The fourth-order valence-electron chi connectivity index (χ4n) is 4.44. The lowest BCUT2D eigenvalue weighted by molar-refractivity contribution is 0.184. The third kappa shape index (κ3) is 30.0. The van der Waals surface area contributed by atoms with Crippen LogP contribution in [-0.4, -0.2) is 6.61 Å². The largest absolute Gasteiger partial charge is 0.376 e. The number of rotatable bonds is 28. The monoisotopic (exact) mass is 437 g/mol. The van der Waals surface area contributed by atoms with Gasteiger partial charge in [-0.1, -0.05) is 168 Å². The molecular formula is C30H61O. The predicted octanol–water partition coefficient (Wildman–Crippen LogP) is 11.3. The lowest BCUT2D eigenvalue weighted by Crippen LogP contribution is -1.92. The summed E-state index contributed by atoms with van der Waals surface area (Å²) in [5.74, 6) is 0. The molecule has 0 N–H and O–H groups in total. The molecule has 1 nitrogen and oxygen atoms in total. The number of hydrogen-bond acceptors (Lipinski definition) is 1.